The van der Waals surface area contributed by atoms with Gasteiger partial charge < -0.3 is 5.32 Å². The first-order valence-corrected chi connectivity index (χ1v) is 8.63. The van der Waals surface area contributed by atoms with Crippen LogP contribution in [0.1, 0.15) is 42.5 Å². The van der Waals surface area contributed by atoms with Gasteiger partial charge in [-0.3, -0.25) is 0 Å². The van der Waals surface area contributed by atoms with Gasteiger partial charge in [-0.15, -0.1) is 11.5 Å². The number of nitroso groups, excluding NO2 is 1. The monoisotopic (exact) mass is 358 g/mol. The first-order chi connectivity index (χ1) is 12.4. The second kappa shape index (κ2) is 8.81. The van der Waals surface area contributed by atoms with Crippen molar-refractivity contribution in [2.75, 3.05) is 6.54 Å². The van der Waals surface area contributed by atoms with Gasteiger partial charge in [0.2, 0.25) is 0 Å². The van der Waals surface area contributed by atoms with Gasteiger partial charge in [-0.05, 0) is 68.1 Å². The predicted octanol–water partition coefficient (Wildman–Crippen LogP) is 5.55. The summed E-state index contributed by atoms with van der Waals surface area (Å²) in [6.45, 7) is 7.86. The van der Waals surface area contributed by atoms with Crippen molar-refractivity contribution in [2.45, 2.75) is 38.3 Å². The second-order valence-corrected chi connectivity index (χ2v) is 6.56. The lowest BCUT2D eigenvalue weighted by molar-refractivity contribution is 0.388. The molecule has 0 aliphatic heterocycles. The molecule has 0 radical (unpaired) electrons. The zero-order valence-electron chi connectivity index (χ0n) is 15.1. The molecule has 2 unspecified atom stereocenters. The third kappa shape index (κ3) is 4.61. The van der Waals surface area contributed by atoms with E-state index in [2.05, 4.69) is 17.1 Å². The van der Waals surface area contributed by atoms with Crippen molar-refractivity contribution >= 4 is 0 Å². The molecule has 0 aliphatic rings. The minimum Gasteiger partial charge on any atom is -0.310 e. The zero-order chi connectivity index (χ0) is 19.2. The molecule has 138 valence electrons. The molecular weight excluding hydrogens is 334 g/mol. The molecule has 26 heavy (non-hydrogen) atoms. The summed E-state index contributed by atoms with van der Waals surface area (Å²) < 4.78 is 26.9. The normalized spacial score (nSPS) is 14.5. The summed E-state index contributed by atoms with van der Waals surface area (Å²) in [4.78, 5) is 11.7. The van der Waals surface area contributed by atoms with Crippen LogP contribution in [0, 0.1) is 23.5 Å². The lowest BCUT2D eigenvalue weighted by atomic mass is 9.84. The highest BCUT2D eigenvalue weighted by Gasteiger charge is 2.32. The standard InChI is InChI=1S/C21H24F2N2O/c1-4-11-21(25-26,18-7-9-19(22)10-8-18)12-13-24-16(3)17-6-5-15(2)20(23)14-17/h4-10,14,16,24H,1,11-13H2,2-3H3. The van der Waals surface area contributed by atoms with Crippen LogP contribution >= 0.6 is 0 Å². The van der Waals surface area contributed by atoms with E-state index in [0.29, 0.717) is 30.5 Å². The molecular formula is C21H24F2N2O. The molecule has 1 N–H and O–H groups in total. The third-order valence-electron chi connectivity index (χ3n) is 4.72. The number of nitrogens with zero attached hydrogens (tertiary/aromatic N) is 1. The van der Waals surface area contributed by atoms with Crippen molar-refractivity contribution in [3.8, 4) is 0 Å². The van der Waals surface area contributed by atoms with Gasteiger partial charge >= 0.3 is 0 Å². The van der Waals surface area contributed by atoms with Gasteiger partial charge in [0.1, 0.15) is 17.2 Å². The van der Waals surface area contributed by atoms with Crippen molar-refractivity contribution in [3.05, 3.63) is 88.4 Å². The molecule has 0 spiro atoms. The fourth-order valence-corrected chi connectivity index (χ4v) is 2.99. The van der Waals surface area contributed by atoms with E-state index in [0.717, 1.165) is 5.56 Å². The quantitative estimate of drug-likeness (QED) is 0.471. The Balaban J connectivity index is 2.09. The Kier molecular flexibility index (Phi) is 6.75. The van der Waals surface area contributed by atoms with E-state index < -0.39 is 5.54 Å². The van der Waals surface area contributed by atoms with Crippen molar-refractivity contribution in [1.82, 2.24) is 5.32 Å². The van der Waals surface area contributed by atoms with Crippen molar-refractivity contribution < 1.29 is 8.78 Å². The largest absolute Gasteiger partial charge is 0.310 e. The highest BCUT2D eigenvalue weighted by molar-refractivity contribution is 5.27. The van der Waals surface area contributed by atoms with Gasteiger partial charge in [-0.1, -0.05) is 35.5 Å². The lowest BCUT2D eigenvalue weighted by Crippen LogP contribution is -2.30. The van der Waals surface area contributed by atoms with Crippen LogP contribution in [-0.4, -0.2) is 6.54 Å². The summed E-state index contributed by atoms with van der Waals surface area (Å²) in [7, 11) is 0. The van der Waals surface area contributed by atoms with E-state index in [9.17, 15) is 13.7 Å². The molecule has 2 atom stereocenters. The van der Waals surface area contributed by atoms with Gasteiger partial charge in [0.05, 0.1) is 0 Å². The van der Waals surface area contributed by atoms with Gasteiger partial charge in [0.25, 0.3) is 0 Å². The summed E-state index contributed by atoms with van der Waals surface area (Å²) in [6, 6.07) is 10.9. The number of benzene rings is 2. The van der Waals surface area contributed by atoms with Gasteiger partial charge in [-0.2, -0.15) is 0 Å². The molecule has 0 fully saturated rings. The van der Waals surface area contributed by atoms with E-state index in [1.54, 1.807) is 31.2 Å². The minimum atomic E-state index is -0.999. The molecule has 0 aromatic heterocycles. The third-order valence-corrected chi connectivity index (χ3v) is 4.72. The molecule has 0 amide bonds. The molecule has 5 heteroatoms. The van der Waals surface area contributed by atoms with E-state index >= 15 is 0 Å². The van der Waals surface area contributed by atoms with Crippen LogP contribution in [0.5, 0.6) is 0 Å². The van der Waals surface area contributed by atoms with Crippen LogP contribution < -0.4 is 5.32 Å². The molecule has 0 heterocycles. The molecule has 2 rings (SSSR count). The maximum Gasteiger partial charge on any atom is 0.132 e. The summed E-state index contributed by atoms with van der Waals surface area (Å²) in [5.41, 5.74) is 1.10. The summed E-state index contributed by atoms with van der Waals surface area (Å²) >= 11 is 0. The maximum absolute atomic E-state index is 13.7. The van der Waals surface area contributed by atoms with Crippen molar-refractivity contribution in [1.29, 1.82) is 0 Å². The predicted molar refractivity (Wildman–Crippen MR) is 101 cm³/mol. The SMILES string of the molecule is C=CCC(CCNC(C)c1ccc(C)c(F)c1)(N=O)c1ccc(F)cc1. The van der Waals surface area contributed by atoms with E-state index in [4.69, 9.17) is 0 Å². The van der Waals surface area contributed by atoms with E-state index in [1.165, 1.54) is 18.2 Å². The van der Waals surface area contributed by atoms with Gasteiger partial charge in [0, 0.05) is 6.04 Å². The Morgan fingerprint density at radius 3 is 2.50 bits per heavy atom. The fourth-order valence-electron chi connectivity index (χ4n) is 2.99. The molecule has 2 aromatic rings. The first kappa shape index (κ1) is 19.9. The first-order valence-electron chi connectivity index (χ1n) is 8.63. The maximum atomic E-state index is 13.7. The Hall–Kier alpha value is -2.40. The van der Waals surface area contributed by atoms with Gasteiger partial charge in [0.15, 0.2) is 0 Å². The summed E-state index contributed by atoms with van der Waals surface area (Å²) in [6.07, 6.45) is 2.42. The number of hydrogen-bond acceptors (Lipinski definition) is 3. The average Bonchev–Trinajstić information content (AvgIpc) is 2.63. The van der Waals surface area contributed by atoms with Crippen molar-refractivity contribution in [3.63, 3.8) is 0 Å². The lowest BCUT2D eigenvalue weighted by Gasteiger charge is -2.27. The molecule has 0 aliphatic carbocycles. The Labute approximate surface area is 153 Å². The molecule has 0 saturated heterocycles. The Morgan fingerprint density at radius 2 is 1.92 bits per heavy atom. The number of rotatable bonds is 9. The van der Waals surface area contributed by atoms with E-state index in [1.807, 2.05) is 13.0 Å². The van der Waals surface area contributed by atoms with Gasteiger partial charge in [-0.25, -0.2) is 8.78 Å². The number of hydrogen-bond donors (Lipinski definition) is 1. The second-order valence-electron chi connectivity index (χ2n) is 6.56. The smallest absolute Gasteiger partial charge is 0.132 e. The highest BCUT2D eigenvalue weighted by atomic mass is 19.1. The summed E-state index contributed by atoms with van der Waals surface area (Å²) in [5, 5.41) is 6.66. The topological polar surface area (TPSA) is 41.5 Å². The average molecular weight is 358 g/mol. The van der Waals surface area contributed by atoms with Crippen LogP contribution in [0.15, 0.2) is 60.3 Å². The van der Waals surface area contributed by atoms with E-state index in [-0.39, 0.29) is 17.7 Å². The van der Waals surface area contributed by atoms with Crippen molar-refractivity contribution in [2.24, 2.45) is 5.18 Å². The van der Waals surface area contributed by atoms with Crippen LogP contribution in [0.2, 0.25) is 0 Å². The Morgan fingerprint density at radius 1 is 1.23 bits per heavy atom. The van der Waals surface area contributed by atoms with Crippen LogP contribution in [-0.2, 0) is 5.54 Å². The van der Waals surface area contributed by atoms with Crippen LogP contribution in [0.25, 0.3) is 0 Å². The number of nitrogens with one attached hydrogen (secondary N) is 1. The van der Waals surface area contributed by atoms with Crippen LogP contribution in [0.4, 0.5) is 8.78 Å². The molecule has 0 saturated carbocycles. The highest BCUT2D eigenvalue weighted by Crippen LogP contribution is 2.34. The Bertz CT molecular complexity index is 761. The fraction of sp³-hybridized carbons (Fsp3) is 0.333. The number of halogens is 2. The zero-order valence-corrected chi connectivity index (χ0v) is 15.1. The summed E-state index contributed by atoms with van der Waals surface area (Å²) in [5.74, 6) is -0.599. The molecule has 2 aromatic carbocycles. The molecule has 3 nitrogen and oxygen atoms in total. The molecule has 0 bridgehead atoms. The number of aryl methyl sites for hydroxylation is 1. The minimum absolute atomic E-state index is 0.0774. The van der Waals surface area contributed by atoms with Crippen LogP contribution in [0.3, 0.4) is 0 Å².